The molecule has 0 saturated heterocycles. The Morgan fingerprint density at radius 2 is 2.13 bits per heavy atom. The van der Waals surface area contributed by atoms with Gasteiger partial charge in [0.2, 0.25) is 5.91 Å². The fourth-order valence-corrected chi connectivity index (χ4v) is 3.23. The third-order valence-electron chi connectivity index (χ3n) is 3.48. The Balaban J connectivity index is 2.26. The van der Waals surface area contributed by atoms with Gasteiger partial charge in [0.25, 0.3) is 0 Å². The molecule has 0 unspecified atom stereocenters. The van der Waals surface area contributed by atoms with Gasteiger partial charge in [-0.05, 0) is 19.4 Å². The lowest BCUT2D eigenvalue weighted by Crippen LogP contribution is -2.31. The van der Waals surface area contributed by atoms with Crippen LogP contribution in [-0.4, -0.2) is 24.2 Å². The summed E-state index contributed by atoms with van der Waals surface area (Å²) in [5.41, 5.74) is 2.53. The average Bonchev–Trinajstić information content (AvgIpc) is 2.53. The van der Waals surface area contributed by atoms with E-state index in [1.807, 2.05) is 31.2 Å². The van der Waals surface area contributed by atoms with E-state index in [4.69, 9.17) is 4.74 Å². The number of rotatable bonds is 5. The molecule has 0 radical (unpaired) electrons. The molecule has 1 N–H and O–H groups in total. The number of esters is 1. The first-order valence-electron chi connectivity index (χ1n) is 7.34. The molecule has 1 aromatic carbocycles. The van der Waals surface area contributed by atoms with E-state index in [9.17, 15) is 14.9 Å². The van der Waals surface area contributed by atoms with Crippen molar-refractivity contribution in [1.29, 1.82) is 5.26 Å². The van der Waals surface area contributed by atoms with Crippen molar-refractivity contribution in [3.63, 3.8) is 0 Å². The number of nitrogens with zero attached hydrogens (tertiary/aromatic N) is 1. The molecular weight excluding hydrogens is 312 g/mol. The molecule has 1 aromatic rings. The number of carbonyl (C=O) groups excluding carboxylic acids is 2. The number of nitriles is 1. The Hall–Kier alpha value is -2.26. The van der Waals surface area contributed by atoms with Crippen LogP contribution in [0, 0.1) is 18.3 Å². The molecule has 1 aliphatic rings. The van der Waals surface area contributed by atoms with Gasteiger partial charge in [0.05, 0.1) is 29.0 Å². The van der Waals surface area contributed by atoms with E-state index in [1.165, 1.54) is 0 Å². The van der Waals surface area contributed by atoms with Gasteiger partial charge >= 0.3 is 5.97 Å². The second-order valence-corrected chi connectivity index (χ2v) is 6.15. The first kappa shape index (κ1) is 17.1. The zero-order valence-corrected chi connectivity index (χ0v) is 13.9. The summed E-state index contributed by atoms with van der Waals surface area (Å²) in [6.45, 7) is 4.03. The van der Waals surface area contributed by atoms with E-state index in [2.05, 4.69) is 11.4 Å². The van der Waals surface area contributed by atoms with Crippen LogP contribution < -0.4 is 5.32 Å². The molecule has 1 aliphatic heterocycles. The first-order valence-corrected chi connectivity index (χ1v) is 8.32. The molecule has 23 heavy (non-hydrogen) atoms. The van der Waals surface area contributed by atoms with Gasteiger partial charge in [-0.1, -0.05) is 41.6 Å². The van der Waals surface area contributed by atoms with E-state index < -0.39 is 0 Å². The molecule has 0 bridgehead atoms. The molecule has 0 aliphatic carbocycles. The fraction of sp³-hybridized carbons (Fsp3) is 0.353. The summed E-state index contributed by atoms with van der Waals surface area (Å²) < 4.78 is 4.88. The van der Waals surface area contributed by atoms with Gasteiger partial charge in [0, 0.05) is 12.3 Å². The molecule has 2 rings (SSSR count). The van der Waals surface area contributed by atoms with Crippen molar-refractivity contribution in [1.82, 2.24) is 5.32 Å². The van der Waals surface area contributed by atoms with Gasteiger partial charge in [-0.2, -0.15) is 5.26 Å². The van der Waals surface area contributed by atoms with Crippen LogP contribution in [0.5, 0.6) is 0 Å². The molecule has 5 nitrogen and oxygen atoms in total. The summed E-state index contributed by atoms with van der Waals surface area (Å²) in [6, 6.07) is 9.97. The number of carbonyl (C=O) groups is 2. The van der Waals surface area contributed by atoms with Gasteiger partial charge in [0.15, 0.2) is 0 Å². The number of thioether (sulfide) groups is 1. The Labute approximate surface area is 139 Å². The van der Waals surface area contributed by atoms with Gasteiger partial charge in [-0.15, -0.1) is 0 Å². The molecule has 0 fully saturated rings. The van der Waals surface area contributed by atoms with Crippen molar-refractivity contribution in [3.8, 4) is 6.07 Å². The highest BCUT2D eigenvalue weighted by atomic mass is 32.2. The lowest BCUT2D eigenvalue weighted by atomic mass is 9.87. The zero-order valence-electron chi connectivity index (χ0n) is 13.1. The van der Waals surface area contributed by atoms with Crippen molar-refractivity contribution < 1.29 is 14.3 Å². The van der Waals surface area contributed by atoms with E-state index >= 15 is 0 Å². The maximum absolute atomic E-state index is 12.0. The zero-order chi connectivity index (χ0) is 16.8. The molecular formula is C17H18N2O3S. The number of allylic oxidation sites excluding steroid dienone is 1. The van der Waals surface area contributed by atoms with Crippen molar-refractivity contribution >= 4 is 23.6 Å². The molecule has 0 spiro atoms. The van der Waals surface area contributed by atoms with Gasteiger partial charge < -0.3 is 10.1 Å². The predicted octanol–water partition coefficient (Wildman–Crippen LogP) is 2.63. The number of hydrogen-bond donors (Lipinski definition) is 1. The lowest BCUT2D eigenvalue weighted by molar-refractivity contribution is -0.139. The normalized spacial score (nSPS) is 17.4. The van der Waals surface area contributed by atoms with Gasteiger partial charge in [0.1, 0.15) is 0 Å². The highest BCUT2D eigenvalue weighted by Crippen LogP contribution is 2.35. The second kappa shape index (κ2) is 7.84. The monoisotopic (exact) mass is 330 g/mol. The summed E-state index contributed by atoms with van der Waals surface area (Å²) in [5, 5.41) is 12.7. The standard InChI is InChI=1S/C17H18N2O3S/c1-3-22-16(21)10-23-17-14(9-18)13(8-15(20)19-17)12-6-4-11(2)5-7-12/h4-7,13H,3,8,10H2,1-2H3,(H,19,20)/t13-/m1/s1. The fourth-order valence-electron chi connectivity index (χ4n) is 2.35. The Kier molecular flexibility index (Phi) is 5.83. The Morgan fingerprint density at radius 1 is 1.43 bits per heavy atom. The van der Waals surface area contributed by atoms with Crippen LogP contribution >= 0.6 is 11.8 Å². The maximum Gasteiger partial charge on any atom is 0.316 e. The summed E-state index contributed by atoms with van der Waals surface area (Å²) in [4.78, 5) is 23.5. The van der Waals surface area contributed by atoms with Crippen LogP contribution in [0.25, 0.3) is 0 Å². The minimum absolute atomic E-state index is 0.0647. The summed E-state index contributed by atoms with van der Waals surface area (Å²) >= 11 is 1.13. The van der Waals surface area contributed by atoms with Crippen molar-refractivity contribution in [2.24, 2.45) is 0 Å². The van der Waals surface area contributed by atoms with Crippen LogP contribution in [0.3, 0.4) is 0 Å². The average molecular weight is 330 g/mol. The summed E-state index contributed by atoms with van der Waals surface area (Å²) in [6.07, 6.45) is 0.232. The Morgan fingerprint density at radius 3 is 2.74 bits per heavy atom. The molecule has 6 heteroatoms. The van der Waals surface area contributed by atoms with Crippen molar-refractivity contribution in [2.75, 3.05) is 12.4 Å². The second-order valence-electron chi connectivity index (χ2n) is 5.16. The minimum Gasteiger partial charge on any atom is -0.465 e. The van der Waals surface area contributed by atoms with Crippen molar-refractivity contribution in [2.45, 2.75) is 26.2 Å². The van der Waals surface area contributed by atoms with Gasteiger partial charge in [-0.25, -0.2) is 0 Å². The summed E-state index contributed by atoms with van der Waals surface area (Å²) in [5.74, 6) is -0.733. The SMILES string of the molecule is CCOC(=O)CSC1=C(C#N)[C@@H](c2ccc(C)cc2)CC(=O)N1. The van der Waals surface area contributed by atoms with E-state index in [-0.39, 0.29) is 30.0 Å². The molecule has 0 aromatic heterocycles. The number of benzene rings is 1. The smallest absolute Gasteiger partial charge is 0.316 e. The summed E-state index contributed by atoms with van der Waals surface area (Å²) in [7, 11) is 0. The Bertz CT molecular complexity index is 674. The molecule has 1 amide bonds. The third kappa shape index (κ3) is 4.36. The van der Waals surface area contributed by atoms with Crippen LogP contribution in [0.1, 0.15) is 30.4 Å². The van der Waals surface area contributed by atoms with E-state index in [0.29, 0.717) is 17.2 Å². The van der Waals surface area contributed by atoms with E-state index in [1.54, 1.807) is 6.92 Å². The molecule has 120 valence electrons. The highest BCUT2D eigenvalue weighted by Gasteiger charge is 2.29. The molecule has 0 saturated carbocycles. The van der Waals surface area contributed by atoms with Crippen molar-refractivity contribution in [3.05, 3.63) is 46.0 Å². The molecule has 1 heterocycles. The number of ether oxygens (including phenoxy) is 1. The number of nitrogens with one attached hydrogen (secondary N) is 1. The van der Waals surface area contributed by atoms with Crippen LogP contribution in [0.2, 0.25) is 0 Å². The largest absolute Gasteiger partial charge is 0.465 e. The number of amides is 1. The lowest BCUT2D eigenvalue weighted by Gasteiger charge is -2.25. The number of aryl methyl sites for hydroxylation is 1. The van der Waals surface area contributed by atoms with Crippen LogP contribution in [0.4, 0.5) is 0 Å². The van der Waals surface area contributed by atoms with E-state index in [0.717, 1.165) is 22.9 Å². The minimum atomic E-state index is -0.367. The topological polar surface area (TPSA) is 79.2 Å². The first-order chi connectivity index (χ1) is 11.0. The third-order valence-corrected chi connectivity index (χ3v) is 4.47. The number of hydrogen-bond acceptors (Lipinski definition) is 5. The maximum atomic E-state index is 12.0. The quantitative estimate of drug-likeness (QED) is 0.840. The molecule has 1 atom stereocenters. The van der Waals surface area contributed by atoms with Crippen LogP contribution in [-0.2, 0) is 14.3 Å². The van der Waals surface area contributed by atoms with Crippen LogP contribution in [0.15, 0.2) is 34.9 Å². The highest BCUT2D eigenvalue weighted by molar-refractivity contribution is 8.03. The predicted molar refractivity (Wildman–Crippen MR) is 88.4 cm³/mol. The van der Waals surface area contributed by atoms with Gasteiger partial charge in [-0.3, -0.25) is 9.59 Å².